The molecule has 1 amide bonds. The van der Waals surface area contributed by atoms with Crippen LogP contribution in [0.4, 0.5) is 8.78 Å². The molecular weight excluding hydrogens is 392 g/mol. The fourth-order valence-electron chi connectivity index (χ4n) is 2.61. The average molecular weight is 412 g/mol. The fraction of sp³-hybridized carbons (Fsp3) is 0.333. The van der Waals surface area contributed by atoms with Crippen LogP contribution in [0.1, 0.15) is 54.0 Å². The van der Waals surface area contributed by atoms with Crippen molar-refractivity contribution in [1.29, 1.82) is 0 Å². The Kier molecular flexibility index (Phi) is 6.85. The summed E-state index contributed by atoms with van der Waals surface area (Å²) < 4.78 is 31.9. The van der Waals surface area contributed by atoms with Crippen molar-refractivity contribution in [2.75, 3.05) is 0 Å². The fourth-order valence-corrected chi connectivity index (χ4v) is 2.61. The monoisotopic (exact) mass is 411 g/mol. The van der Waals surface area contributed by atoms with Crippen LogP contribution in [-0.2, 0) is 13.5 Å². The zero-order valence-corrected chi connectivity index (χ0v) is 16.3. The van der Waals surface area contributed by atoms with Gasteiger partial charge in [-0.1, -0.05) is 12.1 Å². The van der Waals surface area contributed by atoms with Crippen molar-refractivity contribution in [1.82, 2.24) is 25.2 Å². The summed E-state index contributed by atoms with van der Waals surface area (Å²) in [5.41, 5.74) is 2.03. The number of amides is 1. The molecular formula is C18H20ClF2N5O2. The molecule has 0 radical (unpaired) electrons. The molecule has 0 aromatic carbocycles. The first-order valence-electron chi connectivity index (χ1n) is 8.44. The average Bonchev–Trinajstić information content (AvgIpc) is 3.29. The molecule has 28 heavy (non-hydrogen) atoms. The summed E-state index contributed by atoms with van der Waals surface area (Å²) in [5, 5.41) is 10.4. The van der Waals surface area contributed by atoms with Crippen LogP contribution < -0.4 is 5.32 Å². The smallest absolute Gasteiger partial charge is 0.282 e. The molecule has 3 aromatic heterocycles. The maximum absolute atomic E-state index is 12.7. The first-order chi connectivity index (χ1) is 12.9. The van der Waals surface area contributed by atoms with Crippen molar-refractivity contribution in [2.45, 2.75) is 32.7 Å². The summed E-state index contributed by atoms with van der Waals surface area (Å²) in [6, 6.07) is 6.05. The molecule has 150 valence electrons. The number of nitrogens with zero attached hydrogens (tertiary/aromatic N) is 4. The Labute approximate surface area is 166 Å². The van der Waals surface area contributed by atoms with Gasteiger partial charge in [0.1, 0.15) is 17.1 Å². The topological polar surface area (TPSA) is 85.8 Å². The second-order valence-electron chi connectivity index (χ2n) is 6.08. The molecule has 0 spiro atoms. The third-order valence-corrected chi connectivity index (χ3v) is 4.13. The number of pyridine rings is 1. The highest BCUT2D eigenvalue weighted by Gasteiger charge is 2.21. The maximum atomic E-state index is 12.7. The van der Waals surface area contributed by atoms with Crippen LogP contribution in [0.15, 0.2) is 35.0 Å². The van der Waals surface area contributed by atoms with E-state index in [9.17, 15) is 13.6 Å². The summed E-state index contributed by atoms with van der Waals surface area (Å²) in [6.07, 6.45) is -0.229. The van der Waals surface area contributed by atoms with Gasteiger partial charge in [-0.05, 0) is 31.5 Å². The van der Waals surface area contributed by atoms with E-state index in [4.69, 9.17) is 4.52 Å². The molecule has 3 rings (SSSR count). The predicted molar refractivity (Wildman–Crippen MR) is 100 cm³/mol. The van der Waals surface area contributed by atoms with Crippen molar-refractivity contribution in [3.8, 4) is 11.3 Å². The highest BCUT2D eigenvalue weighted by Crippen LogP contribution is 2.23. The molecule has 3 heterocycles. The van der Waals surface area contributed by atoms with Gasteiger partial charge >= 0.3 is 0 Å². The molecule has 10 heteroatoms. The number of carbonyl (C=O) groups excluding carboxylic acids is 1. The number of alkyl halides is 2. The Morgan fingerprint density at radius 3 is 2.71 bits per heavy atom. The molecule has 0 fully saturated rings. The van der Waals surface area contributed by atoms with E-state index in [1.165, 1.54) is 7.05 Å². The second kappa shape index (κ2) is 8.92. The number of hydrogen-bond acceptors (Lipinski definition) is 5. The van der Waals surface area contributed by atoms with E-state index in [0.29, 0.717) is 11.5 Å². The Morgan fingerprint density at radius 2 is 2.07 bits per heavy atom. The van der Waals surface area contributed by atoms with Gasteiger partial charge in [0.2, 0.25) is 0 Å². The molecule has 0 aliphatic carbocycles. The Hall–Kier alpha value is -2.81. The van der Waals surface area contributed by atoms with E-state index in [-0.39, 0.29) is 18.1 Å². The Bertz CT molecular complexity index is 957. The summed E-state index contributed by atoms with van der Waals surface area (Å²) >= 11 is 0. The Morgan fingerprint density at radius 1 is 1.32 bits per heavy atom. The minimum Gasteiger partial charge on any atom is -0.359 e. The van der Waals surface area contributed by atoms with E-state index in [2.05, 4.69) is 20.6 Å². The molecule has 3 aromatic rings. The van der Waals surface area contributed by atoms with Gasteiger partial charge in [-0.2, -0.15) is 5.10 Å². The van der Waals surface area contributed by atoms with Crippen LogP contribution in [0.3, 0.4) is 0 Å². The summed E-state index contributed by atoms with van der Waals surface area (Å²) in [4.78, 5) is 16.6. The van der Waals surface area contributed by atoms with Crippen molar-refractivity contribution >= 4 is 18.3 Å². The highest BCUT2D eigenvalue weighted by molar-refractivity contribution is 5.92. The van der Waals surface area contributed by atoms with Gasteiger partial charge in [-0.3, -0.25) is 14.5 Å². The standard InChI is InChI=1S/C18H19F2N5O2.ClH/c1-4-12-7-11(5-6-21-12)13-9-16(27-24-13)10(2)22-18(26)15-8-14(17(19)20)23-25(15)3;/h5-10,17H,4H2,1-3H3,(H,22,26);1H/t10-;/m1./s1. The van der Waals surface area contributed by atoms with Gasteiger partial charge < -0.3 is 9.84 Å². The number of halogens is 3. The highest BCUT2D eigenvalue weighted by atomic mass is 35.5. The first-order valence-corrected chi connectivity index (χ1v) is 8.44. The normalized spacial score (nSPS) is 11.9. The molecule has 0 unspecified atom stereocenters. The Balaban J connectivity index is 0.00000280. The van der Waals surface area contributed by atoms with Crippen LogP contribution in [0.2, 0.25) is 0 Å². The molecule has 7 nitrogen and oxygen atoms in total. The number of hydrogen-bond donors (Lipinski definition) is 1. The lowest BCUT2D eigenvalue weighted by Gasteiger charge is -2.10. The van der Waals surface area contributed by atoms with Gasteiger partial charge in [-0.25, -0.2) is 8.78 Å². The molecule has 0 aliphatic rings. The van der Waals surface area contributed by atoms with E-state index < -0.39 is 24.1 Å². The molecule has 0 aliphatic heterocycles. The van der Waals surface area contributed by atoms with Crippen LogP contribution in [0.25, 0.3) is 11.3 Å². The summed E-state index contributed by atoms with van der Waals surface area (Å²) in [5.74, 6) is -0.0796. The molecule has 0 bridgehead atoms. The summed E-state index contributed by atoms with van der Waals surface area (Å²) in [6.45, 7) is 3.73. The lowest BCUT2D eigenvalue weighted by Crippen LogP contribution is -2.28. The van der Waals surface area contributed by atoms with E-state index >= 15 is 0 Å². The lowest BCUT2D eigenvalue weighted by atomic mass is 10.1. The zero-order valence-electron chi connectivity index (χ0n) is 15.5. The van der Waals surface area contributed by atoms with Crippen LogP contribution in [0.5, 0.6) is 0 Å². The molecule has 0 saturated carbocycles. The number of carbonyl (C=O) groups is 1. The van der Waals surface area contributed by atoms with E-state index in [1.807, 2.05) is 19.1 Å². The van der Waals surface area contributed by atoms with E-state index in [0.717, 1.165) is 28.4 Å². The van der Waals surface area contributed by atoms with Crippen molar-refractivity contribution in [3.63, 3.8) is 0 Å². The summed E-state index contributed by atoms with van der Waals surface area (Å²) in [7, 11) is 1.44. The second-order valence-corrected chi connectivity index (χ2v) is 6.08. The van der Waals surface area contributed by atoms with Crippen LogP contribution >= 0.6 is 12.4 Å². The van der Waals surface area contributed by atoms with Crippen molar-refractivity contribution in [3.05, 3.63) is 53.3 Å². The minimum atomic E-state index is -2.74. The lowest BCUT2D eigenvalue weighted by molar-refractivity contribution is 0.0924. The molecule has 0 saturated heterocycles. The van der Waals surface area contributed by atoms with Crippen molar-refractivity contribution in [2.24, 2.45) is 7.05 Å². The van der Waals surface area contributed by atoms with E-state index in [1.54, 1.807) is 19.2 Å². The van der Waals surface area contributed by atoms with Gasteiger partial charge in [0, 0.05) is 30.6 Å². The largest absolute Gasteiger partial charge is 0.359 e. The van der Waals surface area contributed by atoms with Gasteiger partial charge in [-0.15, -0.1) is 12.4 Å². The number of aryl methyl sites for hydroxylation is 2. The predicted octanol–water partition coefficient (Wildman–Crippen LogP) is 3.88. The SMILES string of the molecule is CCc1cc(-c2cc([C@@H](C)NC(=O)c3cc(C(F)F)nn3C)on2)ccn1.Cl. The van der Waals surface area contributed by atoms with Crippen molar-refractivity contribution < 1.29 is 18.1 Å². The van der Waals surface area contributed by atoms with Gasteiger partial charge in [0.25, 0.3) is 12.3 Å². The van der Waals surface area contributed by atoms with Gasteiger partial charge in [0.05, 0.1) is 6.04 Å². The molecule has 1 N–H and O–H groups in total. The number of rotatable bonds is 6. The third-order valence-electron chi connectivity index (χ3n) is 4.13. The first kappa shape index (κ1) is 21.5. The zero-order chi connectivity index (χ0) is 19.6. The van der Waals surface area contributed by atoms with Crippen LogP contribution in [-0.4, -0.2) is 25.8 Å². The van der Waals surface area contributed by atoms with Gasteiger partial charge in [0.15, 0.2) is 5.76 Å². The quantitative estimate of drug-likeness (QED) is 0.665. The number of nitrogens with one attached hydrogen (secondary N) is 1. The minimum absolute atomic E-state index is 0. The van der Waals surface area contributed by atoms with Crippen LogP contribution in [0, 0.1) is 0 Å². The number of aromatic nitrogens is 4. The maximum Gasteiger partial charge on any atom is 0.282 e. The molecule has 1 atom stereocenters. The third kappa shape index (κ3) is 4.53.